The fourth-order valence-electron chi connectivity index (χ4n) is 2.12. The average Bonchev–Trinajstić information content (AvgIpc) is 2.81. The minimum absolute atomic E-state index is 0.143. The van der Waals surface area contributed by atoms with Crippen molar-refractivity contribution in [2.75, 3.05) is 11.9 Å². The van der Waals surface area contributed by atoms with E-state index in [2.05, 4.69) is 29.5 Å². The van der Waals surface area contributed by atoms with Crippen LogP contribution in [-0.2, 0) is 9.59 Å². The van der Waals surface area contributed by atoms with Crippen LogP contribution in [-0.4, -0.2) is 28.8 Å². The predicted molar refractivity (Wildman–Crippen MR) is 95.8 cm³/mol. The molecule has 6 heteroatoms. The van der Waals surface area contributed by atoms with Gasteiger partial charge in [0.25, 0.3) is 0 Å². The number of hydrogen-bond acceptors (Lipinski definition) is 4. The summed E-state index contributed by atoms with van der Waals surface area (Å²) in [6.45, 7) is 8.74. The van der Waals surface area contributed by atoms with E-state index in [0.717, 1.165) is 16.8 Å². The Labute approximate surface area is 141 Å². The van der Waals surface area contributed by atoms with E-state index in [1.807, 2.05) is 32.0 Å². The maximum atomic E-state index is 12.2. The lowest BCUT2D eigenvalue weighted by atomic mass is 10.1. The van der Waals surface area contributed by atoms with Crippen molar-refractivity contribution in [2.45, 2.75) is 39.4 Å². The van der Waals surface area contributed by atoms with Gasteiger partial charge in [0, 0.05) is 18.7 Å². The highest BCUT2D eigenvalue weighted by molar-refractivity contribution is 8.15. The molecule has 2 rings (SSSR count). The molecule has 0 saturated carbocycles. The van der Waals surface area contributed by atoms with Crippen LogP contribution in [0.25, 0.3) is 0 Å². The topological polar surface area (TPSA) is 70.6 Å². The Balaban J connectivity index is 1.94. The van der Waals surface area contributed by atoms with Crippen molar-refractivity contribution in [3.8, 4) is 0 Å². The number of aliphatic imine (C=N–C) groups is 1. The second-order valence-electron chi connectivity index (χ2n) is 6.21. The van der Waals surface area contributed by atoms with E-state index in [1.165, 1.54) is 11.8 Å². The number of amidine groups is 1. The molecule has 124 valence electrons. The molecule has 23 heavy (non-hydrogen) atoms. The number of aryl methyl sites for hydroxylation is 2. The van der Waals surface area contributed by atoms with Crippen LogP contribution < -0.4 is 10.6 Å². The number of amides is 2. The molecule has 0 aliphatic carbocycles. The van der Waals surface area contributed by atoms with E-state index in [-0.39, 0.29) is 18.2 Å². The van der Waals surface area contributed by atoms with Gasteiger partial charge in [-0.05, 0) is 37.0 Å². The Morgan fingerprint density at radius 2 is 2.13 bits per heavy atom. The Kier molecular flexibility index (Phi) is 5.82. The van der Waals surface area contributed by atoms with E-state index in [0.29, 0.717) is 17.6 Å². The first-order chi connectivity index (χ1) is 10.8. The van der Waals surface area contributed by atoms with Gasteiger partial charge in [-0.1, -0.05) is 37.7 Å². The predicted octanol–water partition coefficient (Wildman–Crippen LogP) is 2.88. The van der Waals surface area contributed by atoms with E-state index in [4.69, 9.17) is 0 Å². The number of nitrogens with zero attached hydrogens (tertiary/aromatic N) is 1. The Morgan fingerprint density at radius 3 is 2.83 bits per heavy atom. The normalized spacial score (nSPS) is 19.3. The molecule has 2 N–H and O–H groups in total. The number of benzene rings is 1. The molecule has 0 spiro atoms. The molecule has 1 aromatic rings. The van der Waals surface area contributed by atoms with Crippen molar-refractivity contribution in [3.05, 3.63) is 29.3 Å². The zero-order chi connectivity index (χ0) is 17.0. The highest BCUT2D eigenvalue weighted by Crippen LogP contribution is 2.24. The van der Waals surface area contributed by atoms with Gasteiger partial charge in [-0.2, -0.15) is 0 Å². The summed E-state index contributed by atoms with van der Waals surface area (Å²) in [5.41, 5.74) is 2.89. The quantitative estimate of drug-likeness (QED) is 0.870. The van der Waals surface area contributed by atoms with Crippen LogP contribution >= 0.6 is 11.8 Å². The standard InChI is InChI=1S/C17H23N3O2S/c1-10(2)9-18-17-20-16(22)14(23-17)8-15(21)19-13-7-11(3)5-6-12(13)4/h5-7,10,14H,8-9H2,1-4H3,(H,19,21)(H,18,20,22)/t14-/m1/s1. The second-order valence-corrected chi connectivity index (χ2v) is 7.40. The molecule has 1 atom stereocenters. The largest absolute Gasteiger partial charge is 0.326 e. The lowest BCUT2D eigenvalue weighted by Crippen LogP contribution is -2.28. The number of nitrogens with one attached hydrogen (secondary N) is 2. The maximum absolute atomic E-state index is 12.2. The molecule has 0 aromatic heterocycles. The van der Waals surface area contributed by atoms with Gasteiger partial charge in [-0.15, -0.1) is 0 Å². The number of rotatable bonds is 5. The molecule has 1 saturated heterocycles. The maximum Gasteiger partial charge on any atom is 0.240 e. The molecular formula is C17H23N3O2S. The number of carbonyl (C=O) groups is 2. The monoisotopic (exact) mass is 333 g/mol. The molecule has 1 fully saturated rings. The van der Waals surface area contributed by atoms with Crippen LogP contribution in [0.1, 0.15) is 31.4 Å². The molecule has 1 aliphatic heterocycles. The molecule has 0 unspecified atom stereocenters. The summed E-state index contributed by atoms with van der Waals surface area (Å²) in [6.07, 6.45) is 0.143. The third kappa shape index (κ3) is 5.10. The molecule has 1 aliphatic rings. The van der Waals surface area contributed by atoms with Gasteiger partial charge in [0.05, 0.1) is 0 Å². The first-order valence-electron chi connectivity index (χ1n) is 7.74. The van der Waals surface area contributed by atoms with Crippen molar-refractivity contribution in [3.63, 3.8) is 0 Å². The van der Waals surface area contributed by atoms with E-state index in [9.17, 15) is 9.59 Å². The number of carbonyl (C=O) groups excluding carboxylic acids is 2. The molecule has 1 heterocycles. The number of thioether (sulfide) groups is 1. The Bertz CT molecular complexity index is 641. The Hall–Kier alpha value is -1.82. The number of hydrogen-bond donors (Lipinski definition) is 2. The van der Waals surface area contributed by atoms with E-state index in [1.54, 1.807) is 0 Å². The number of anilines is 1. The summed E-state index contributed by atoms with van der Waals surface area (Å²) < 4.78 is 0. The summed E-state index contributed by atoms with van der Waals surface area (Å²) in [6, 6.07) is 5.91. The zero-order valence-electron chi connectivity index (χ0n) is 14.0. The van der Waals surface area contributed by atoms with Crippen molar-refractivity contribution >= 4 is 34.4 Å². The summed E-state index contributed by atoms with van der Waals surface area (Å²) in [5.74, 6) is 0.136. The van der Waals surface area contributed by atoms with Gasteiger partial charge >= 0.3 is 0 Å². The smallest absolute Gasteiger partial charge is 0.240 e. The fourth-order valence-corrected chi connectivity index (χ4v) is 3.10. The molecule has 2 amide bonds. The van der Waals surface area contributed by atoms with Gasteiger partial charge in [-0.3, -0.25) is 14.6 Å². The third-order valence-corrected chi connectivity index (χ3v) is 4.53. The first kappa shape index (κ1) is 17.5. The summed E-state index contributed by atoms with van der Waals surface area (Å²) in [5, 5.41) is 5.84. The van der Waals surface area contributed by atoms with Gasteiger partial charge < -0.3 is 10.6 Å². The third-order valence-electron chi connectivity index (χ3n) is 3.41. The van der Waals surface area contributed by atoms with Crippen molar-refractivity contribution < 1.29 is 9.59 Å². The summed E-state index contributed by atoms with van der Waals surface area (Å²) in [7, 11) is 0. The highest BCUT2D eigenvalue weighted by Gasteiger charge is 2.32. The lowest BCUT2D eigenvalue weighted by molar-refractivity contribution is -0.122. The molecule has 1 aromatic carbocycles. The average molecular weight is 333 g/mol. The van der Waals surface area contributed by atoms with Gasteiger partial charge in [0.1, 0.15) is 5.25 Å². The van der Waals surface area contributed by atoms with Crippen molar-refractivity contribution in [1.29, 1.82) is 0 Å². The minimum Gasteiger partial charge on any atom is -0.326 e. The first-order valence-corrected chi connectivity index (χ1v) is 8.62. The van der Waals surface area contributed by atoms with Gasteiger partial charge in [-0.25, -0.2) is 0 Å². The van der Waals surface area contributed by atoms with Crippen molar-refractivity contribution in [2.24, 2.45) is 10.9 Å². The van der Waals surface area contributed by atoms with Crippen LogP contribution in [0.4, 0.5) is 5.69 Å². The van der Waals surface area contributed by atoms with Crippen LogP contribution in [0.5, 0.6) is 0 Å². The molecule has 5 nitrogen and oxygen atoms in total. The van der Waals surface area contributed by atoms with Crippen LogP contribution in [0.3, 0.4) is 0 Å². The van der Waals surface area contributed by atoms with Crippen molar-refractivity contribution in [1.82, 2.24) is 5.32 Å². The molecular weight excluding hydrogens is 310 g/mol. The minimum atomic E-state index is -0.411. The van der Waals surface area contributed by atoms with Crippen LogP contribution in [0, 0.1) is 19.8 Å². The van der Waals surface area contributed by atoms with Crippen LogP contribution in [0.2, 0.25) is 0 Å². The SMILES string of the molecule is Cc1ccc(C)c(NC(=O)C[C@H]2SC(=NCC(C)C)NC2=O)c1. The second kappa shape index (κ2) is 7.64. The molecule has 0 radical (unpaired) electrons. The van der Waals surface area contributed by atoms with E-state index < -0.39 is 5.25 Å². The van der Waals surface area contributed by atoms with E-state index >= 15 is 0 Å². The molecule has 0 bridgehead atoms. The van der Waals surface area contributed by atoms with Gasteiger partial charge in [0.2, 0.25) is 11.8 Å². The lowest BCUT2D eigenvalue weighted by Gasteiger charge is -2.10. The fraction of sp³-hybridized carbons (Fsp3) is 0.471. The highest BCUT2D eigenvalue weighted by atomic mass is 32.2. The van der Waals surface area contributed by atoms with Gasteiger partial charge in [0.15, 0.2) is 5.17 Å². The zero-order valence-corrected chi connectivity index (χ0v) is 14.8. The Morgan fingerprint density at radius 1 is 1.39 bits per heavy atom. The summed E-state index contributed by atoms with van der Waals surface area (Å²) in [4.78, 5) is 28.5. The van der Waals surface area contributed by atoms with Crippen LogP contribution in [0.15, 0.2) is 23.2 Å². The summed E-state index contributed by atoms with van der Waals surface area (Å²) >= 11 is 1.34.